The van der Waals surface area contributed by atoms with Crippen molar-refractivity contribution in [2.45, 2.75) is 22.9 Å². The normalized spacial score (nSPS) is 12.1. The van der Waals surface area contributed by atoms with E-state index < -0.39 is 0 Å². The molecule has 1 unspecified atom stereocenters. The van der Waals surface area contributed by atoms with Gasteiger partial charge in [-0.2, -0.15) is 15.0 Å². The van der Waals surface area contributed by atoms with Crippen LogP contribution in [0.15, 0.2) is 21.9 Å². The molecular formula is C15H20N8S3. The molecule has 3 N–H and O–H groups in total. The molecule has 8 nitrogen and oxygen atoms in total. The number of aromatic nitrogens is 5. The van der Waals surface area contributed by atoms with Crippen LogP contribution in [0, 0.1) is 0 Å². The lowest BCUT2D eigenvalue weighted by molar-refractivity contribution is 0.863. The molecule has 0 aromatic carbocycles. The van der Waals surface area contributed by atoms with Crippen LogP contribution < -0.4 is 16.0 Å². The summed E-state index contributed by atoms with van der Waals surface area (Å²) in [6.07, 6.45) is 0.980. The van der Waals surface area contributed by atoms with E-state index in [-0.39, 0.29) is 11.2 Å². The zero-order valence-electron chi connectivity index (χ0n) is 14.7. The SMILES string of the molecule is CC(Sc1nnc(NCCc2cccs2)s1)c1nc(N)nc(N(C)C)n1. The summed E-state index contributed by atoms with van der Waals surface area (Å²) in [5, 5.41) is 14.7. The van der Waals surface area contributed by atoms with Gasteiger partial charge in [0.25, 0.3) is 0 Å². The number of nitrogen functional groups attached to an aromatic ring is 1. The molecule has 26 heavy (non-hydrogen) atoms. The molecule has 3 aromatic rings. The average molecular weight is 409 g/mol. The number of nitrogens with zero attached hydrogens (tertiary/aromatic N) is 6. The van der Waals surface area contributed by atoms with E-state index in [4.69, 9.17) is 5.73 Å². The predicted octanol–water partition coefficient (Wildman–Crippen LogP) is 2.94. The largest absolute Gasteiger partial charge is 0.368 e. The van der Waals surface area contributed by atoms with Gasteiger partial charge in [0.2, 0.25) is 17.0 Å². The lowest BCUT2D eigenvalue weighted by atomic mass is 10.3. The van der Waals surface area contributed by atoms with Crippen LogP contribution in [0.25, 0.3) is 0 Å². The minimum Gasteiger partial charge on any atom is -0.368 e. The van der Waals surface area contributed by atoms with Gasteiger partial charge < -0.3 is 16.0 Å². The number of nitrogens with one attached hydrogen (secondary N) is 1. The molecular weight excluding hydrogens is 388 g/mol. The van der Waals surface area contributed by atoms with Crippen molar-refractivity contribution in [3.8, 4) is 0 Å². The number of thioether (sulfide) groups is 1. The van der Waals surface area contributed by atoms with E-state index in [1.165, 1.54) is 16.2 Å². The Morgan fingerprint density at radius 2 is 2.12 bits per heavy atom. The summed E-state index contributed by atoms with van der Waals surface area (Å²) in [6, 6.07) is 4.20. The van der Waals surface area contributed by atoms with Crippen molar-refractivity contribution in [2.24, 2.45) is 0 Å². The van der Waals surface area contributed by atoms with E-state index in [2.05, 4.69) is 48.0 Å². The summed E-state index contributed by atoms with van der Waals surface area (Å²) in [5.41, 5.74) is 5.79. The lowest BCUT2D eigenvalue weighted by Crippen LogP contribution is -2.16. The van der Waals surface area contributed by atoms with Crippen LogP contribution in [0.4, 0.5) is 17.0 Å². The molecule has 0 radical (unpaired) electrons. The fourth-order valence-corrected chi connectivity index (χ4v) is 4.73. The van der Waals surface area contributed by atoms with Crippen molar-refractivity contribution in [1.29, 1.82) is 0 Å². The van der Waals surface area contributed by atoms with Crippen molar-refractivity contribution < 1.29 is 0 Å². The molecule has 0 aliphatic rings. The molecule has 0 bridgehead atoms. The maximum Gasteiger partial charge on any atom is 0.229 e. The molecule has 1 atom stereocenters. The van der Waals surface area contributed by atoms with Crippen LogP contribution in [0.5, 0.6) is 0 Å². The highest BCUT2D eigenvalue weighted by Crippen LogP contribution is 2.36. The quantitative estimate of drug-likeness (QED) is 0.544. The van der Waals surface area contributed by atoms with E-state index >= 15 is 0 Å². The smallest absolute Gasteiger partial charge is 0.229 e. The van der Waals surface area contributed by atoms with Crippen molar-refractivity contribution in [2.75, 3.05) is 36.6 Å². The van der Waals surface area contributed by atoms with E-state index in [0.717, 1.165) is 22.4 Å². The minimum absolute atomic E-state index is 0.00841. The van der Waals surface area contributed by atoms with E-state index in [1.54, 1.807) is 28.0 Å². The van der Waals surface area contributed by atoms with Gasteiger partial charge in [0.05, 0.1) is 5.25 Å². The maximum absolute atomic E-state index is 5.79. The van der Waals surface area contributed by atoms with Crippen molar-refractivity contribution in [1.82, 2.24) is 25.1 Å². The van der Waals surface area contributed by atoms with Gasteiger partial charge >= 0.3 is 0 Å². The Hall–Kier alpha value is -1.98. The van der Waals surface area contributed by atoms with Gasteiger partial charge in [-0.1, -0.05) is 29.2 Å². The van der Waals surface area contributed by atoms with E-state index in [1.807, 2.05) is 21.0 Å². The summed E-state index contributed by atoms with van der Waals surface area (Å²) in [7, 11) is 3.74. The first-order chi connectivity index (χ1) is 12.5. The highest BCUT2D eigenvalue weighted by molar-refractivity contribution is 8.01. The maximum atomic E-state index is 5.79. The van der Waals surface area contributed by atoms with Crippen molar-refractivity contribution in [3.63, 3.8) is 0 Å². The molecule has 0 saturated carbocycles. The summed E-state index contributed by atoms with van der Waals surface area (Å²) in [6.45, 7) is 2.86. The highest BCUT2D eigenvalue weighted by atomic mass is 32.2. The highest BCUT2D eigenvalue weighted by Gasteiger charge is 2.17. The predicted molar refractivity (Wildman–Crippen MR) is 109 cm³/mol. The van der Waals surface area contributed by atoms with Crippen LogP contribution in [0.1, 0.15) is 22.9 Å². The van der Waals surface area contributed by atoms with Crippen LogP contribution >= 0.6 is 34.4 Å². The summed E-state index contributed by atoms with van der Waals surface area (Å²) in [5.74, 6) is 1.40. The standard InChI is InChI=1S/C15H20N8S3/c1-9(11-18-12(16)20-13(19-11)23(2)3)25-15-22-21-14(26-15)17-7-6-10-5-4-8-24-10/h4-5,8-9H,6-7H2,1-3H3,(H,17,21)(H2,16,18,19,20). The van der Waals surface area contributed by atoms with Crippen molar-refractivity contribution >= 4 is 51.5 Å². The number of nitrogens with two attached hydrogens (primary N) is 1. The van der Waals surface area contributed by atoms with Crippen LogP contribution in [-0.2, 0) is 6.42 Å². The molecule has 0 fully saturated rings. The Kier molecular flexibility index (Phi) is 6.22. The Balaban J connectivity index is 1.58. The second-order valence-corrected chi connectivity index (χ2v) is 9.23. The third kappa shape index (κ3) is 5.02. The molecule has 3 heterocycles. The molecule has 3 rings (SSSR count). The first-order valence-corrected chi connectivity index (χ1v) is 10.5. The number of thiophene rings is 1. The van der Waals surface area contributed by atoms with Gasteiger partial charge in [-0.3, -0.25) is 0 Å². The van der Waals surface area contributed by atoms with Gasteiger partial charge in [0, 0.05) is 25.5 Å². The zero-order valence-corrected chi connectivity index (χ0v) is 17.2. The molecule has 0 spiro atoms. The molecule has 138 valence electrons. The van der Waals surface area contributed by atoms with Crippen molar-refractivity contribution in [3.05, 3.63) is 28.2 Å². The Morgan fingerprint density at radius 1 is 1.27 bits per heavy atom. The van der Waals surface area contributed by atoms with E-state index in [0.29, 0.717) is 11.8 Å². The lowest BCUT2D eigenvalue weighted by Gasteiger charge is -2.13. The summed E-state index contributed by atoms with van der Waals surface area (Å²) in [4.78, 5) is 16.0. The molecule has 0 aliphatic carbocycles. The summed E-state index contributed by atoms with van der Waals surface area (Å²) >= 11 is 4.85. The molecule has 0 amide bonds. The first kappa shape index (κ1) is 18.8. The van der Waals surface area contributed by atoms with Crippen LogP contribution in [0.3, 0.4) is 0 Å². The monoisotopic (exact) mass is 408 g/mol. The van der Waals surface area contributed by atoms with Crippen LogP contribution in [0.2, 0.25) is 0 Å². The summed E-state index contributed by atoms with van der Waals surface area (Å²) < 4.78 is 0.863. The zero-order chi connectivity index (χ0) is 18.5. The third-order valence-corrected chi connectivity index (χ3v) is 6.33. The number of rotatable bonds is 8. The third-order valence-electron chi connectivity index (χ3n) is 3.33. The Labute approximate surface area is 164 Å². The fourth-order valence-electron chi connectivity index (χ4n) is 2.06. The van der Waals surface area contributed by atoms with Crippen LogP contribution in [-0.4, -0.2) is 45.8 Å². The molecule has 0 saturated heterocycles. The van der Waals surface area contributed by atoms with E-state index in [9.17, 15) is 0 Å². The fraction of sp³-hybridized carbons (Fsp3) is 0.400. The second kappa shape index (κ2) is 8.60. The van der Waals surface area contributed by atoms with Gasteiger partial charge in [-0.25, -0.2) is 0 Å². The Bertz CT molecular complexity index is 833. The van der Waals surface area contributed by atoms with Gasteiger partial charge in [-0.05, 0) is 24.8 Å². The number of hydrogen-bond donors (Lipinski definition) is 2. The average Bonchev–Trinajstić information content (AvgIpc) is 3.26. The topological polar surface area (TPSA) is 106 Å². The molecule has 3 aromatic heterocycles. The number of anilines is 3. The number of hydrogen-bond acceptors (Lipinski definition) is 11. The minimum atomic E-state index is -0.00841. The molecule has 0 aliphatic heterocycles. The first-order valence-electron chi connectivity index (χ1n) is 7.96. The Morgan fingerprint density at radius 3 is 2.85 bits per heavy atom. The van der Waals surface area contributed by atoms with Gasteiger partial charge in [0.1, 0.15) is 5.82 Å². The molecule has 11 heteroatoms. The van der Waals surface area contributed by atoms with Gasteiger partial charge in [0.15, 0.2) is 4.34 Å². The second-order valence-electron chi connectivity index (χ2n) is 5.64. The van der Waals surface area contributed by atoms with Gasteiger partial charge in [-0.15, -0.1) is 21.5 Å².